The van der Waals surface area contributed by atoms with Gasteiger partial charge in [0.1, 0.15) is 0 Å². The quantitative estimate of drug-likeness (QED) is 0.523. The van der Waals surface area contributed by atoms with Crippen LogP contribution in [0.2, 0.25) is 0 Å². The average Bonchev–Trinajstić information content (AvgIpc) is 2.60. The molecule has 1 heterocycles. The van der Waals surface area contributed by atoms with Crippen LogP contribution in [0, 0.1) is 17.8 Å². The van der Waals surface area contributed by atoms with E-state index in [1.54, 1.807) is 0 Å². The molecular formula is C24H39NO. The Kier molecular flexibility index (Phi) is 8.87. The van der Waals surface area contributed by atoms with Gasteiger partial charge in [-0.15, -0.1) is 0 Å². The highest BCUT2D eigenvalue weighted by molar-refractivity contribution is 5.48. The van der Waals surface area contributed by atoms with Crippen LogP contribution in [-0.4, -0.2) is 25.3 Å². The van der Waals surface area contributed by atoms with E-state index in [0.29, 0.717) is 0 Å². The summed E-state index contributed by atoms with van der Waals surface area (Å²) in [5.74, 6) is 2.44. The summed E-state index contributed by atoms with van der Waals surface area (Å²) in [6.07, 6.45) is 10.9. The van der Waals surface area contributed by atoms with Gasteiger partial charge in [-0.2, -0.15) is 0 Å². The number of rotatable bonds is 10. The Morgan fingerprint density at radius 2 is 1.92 bits per heavy atom. The summed E-state index contributed by atoms with van der Waals surface area (Å²) in [6, 6.07) is 10.5. The van der Waals surface area contributed by atoms with Gasteiger partial charge in [0, 0.05) is 13.2 Å². The van der Waals surface area contributed by atoms with Crippen molar-refractivity contribution in [3.63, 3.8) is 0 Å². The molecule has 0 spiro atoms. The highest BCUT2D eigenvalue weighted by Gasteiger charge is 2.33. The highest BCUT2D eigenvalue weighted by atomic mass is 16.5. The molecule has 146 valence electrons. The van der Waals surface area contributed by atoms with E-state index in [0.717, 1.165) is 37.5 Å². The van der Waals surface area contributed by atoms with E-state index in [1.807, 2.05) is 0 Å². The SMILES string of the molecule is CC(C)CC[C@@H](CCNC/C=C/c1ccccc1)[C@H]1CCOC(C)(C)C1. The number of hydrogen-bond acceptors (Lipinski definition) is 2. The van der Waals surface area contributed by atoms with Crippen molar-refractivity contribution in [2.75, 3.05) is 19.7 Å². The first kappa shape index (κ1) is 21.2. The van der Waals surface area contributed by atoms with Gasteiger partial charge in [-0.1, -0.05) is 62.8 Å². The van der Waals surface area contributed by atoms with Gasteiger partial charge < -0.3 is 10.1 Å². The second-order valence-electron chi connectivity index (χ2n) is 8.90. The molecule has 0 aromatic heterocycles. The molecule has 2 nitrogen and oxygen atoms in total. The Morgan fingerprint density at radius 1 is 1.15 bits per heavy atom. The van der Waals surface area contributed by atoms with Crippen molar-refractivity contribution in [2.45, 2.75) is 65.4 Å². The molecule has 1 aromatic rings. The van der Waals surface area contributed by atoms with Crippen LogP contribution in [0.4, 0.5) is 0 Å². The zero-order valence-corrected chi connectivity index (χ0v) is 17.3. The molecular weight excluding hydrogens is 318 g/mol. The molecule has 2 rings (SSSR count). The molecule has 1 aliphatic rings. The predicted molar refractivity (Wildman–Crippen MR) is 113 cm³/mol. The summed E-state index contributed by atoms with van der Waals surface area (Å²) in [6.45, 7) is 12.2. The molecule has 1 aromatic carbocycles. The Balaban J connectivity index is 1.76. The van der Waals surface area contributed by atoms with Gasteiger partial charge in [0.25, 0.3) is 0 Å². The molecule has 0 bridgehead atoms. The van der Waals surface area contributed by atoms with Gasteiger partial charge in [0.2, 0.25) is 0 Å². The molecule has 1 N–H and O–H groups in total. The normalized spacial score (nSPS) is 21.3. The van der Waals surface area contributed by atoms with Gasteiger partial charge in [-0.05, 0) is 69.4 Å². The first-order valence-electron chi connectivity index (χ1n) is 10.5. The van der Waals surface area contributed by atoms with Crippen molar-refractivity contribution < 1.29 is 4.74 Å². The molecule has 0 radical (unpaired) electrons. The first-order valence-corrected chi connectivity index (χ1v) is 10.5. The number of nitrogens with one attached hydrogen (secondary N) is 1. The highest BCUT2D eigenvalue weighted by Crippen LogP contribution is 2.37. The van der Waals surface area contributed by atoms with E-state index in [-0.39, 0.29) is 5.60 Å². The van der Waals surface area contributed by atoms with Crippen LogP contribution in [0.25, 0.3) is 6.08 Å². The Labute approximate surface area is 161 Å². The van der Waals surface area contributed by atoms with Crippen LogP contribution >= 0.6 is 0 Å². The lowest BCUT2D eigenvalue weighted by atomic mass is 9.75. The minimum Gasteiger partial charge on any atom is -0.376 e. The van der Waals surface area contributed by atoms with Crippen molar-refractivity contribution >= 4 is 6.08 Å². The third-order valence-corrected chi connectivity index (χ3v) is 5.58. The lowest BCUT2D eigenvalue weighted by Gasteiger charge is -2.39. The van der Waals surface area contributed by atoms with E-state index >= 15 is 0 Å². The zero-order valence-electron chi connectivity index (χ0n) is 17.3. The first-order chi connectivity index (χ1) is 12.5. The second kappa shape index (κ2) is 10.9. The smallest absolute Gasteiger partial charge is 0.0629 e. The molecule has 0 saturated carbocycles. The minimum absolute atomic E-state index is 0.0604. The van der Waals surface area contributed by atoms with Crippen LogP contribution in [-0.2, 0) is 4.74 Å². The summed E-state index contributed by atoms with van der Waals surface area (Å²) in [4.78, 5) is 0. The monoisotopic (exact) mass is 357 g/mol. The second-order valence-corrected chi connectivity index (χ2v) is 8.90. The molecule has 1 saturated heterocycles. The number of ether oxygens (including phenoxy) is 1. The summed E-state index contributed by atoms with van der Waals surface area (Å²) >= 11 is 0. The predicted octanol–water partition coefficient (Wildman–Crippen LogP) is 5.94. The number of hydrogen-bond donors (Lipinski definition) is 1. The summed E-state index contributed by atoms with van der Waals surface area (Å²) < 4.78 is 5.95. The molecule has 1 fully saturated rings. The zero-order chi connectivity index (χ0) is 18.8. The fraction of sp³-hybridized carbons (Fsp3) is 0.667. The maximum Gasteiger partial charge on any atom is 0.0629 e. The topological polar surface area (TPSA) is 21.3 Å². The van der Waals surface area contributed by atoms with Crippen molar-refractivity contribution in [2.24, 2.45) is 17.8 Å². The lowest BCUT2D eigenvalue weighted by molar-refractivity contribution is -0.0839. The van der Waals surface area contributed by atoms with Crippen LogP contribution < -0.4 is 5.32 Å². The van der Waals surface area contributed by atoms with E-state index in [1.165, 1.54) is 37.7 Å². The van der Waals surface area contributed by atoms with E-state index in [9.17, 15) is 0 Å². The largest absolute Gasteiger partial charge is 0.376 e. The van der Waals surface area contributed by atoms with Crippen LogP contribution in [0.5, 0.6) is 0 Å². The fourth-order valence-corrected chi connectivity index (χ4v) is 4.08. The molecule has 0 amide bonds. The molecule has 0 unspecified atom stereocenters. The van der Waals surface area contributed by atoms with Crippen molar-refractivity contribution in [1.29, 1.82) is 0 Å². The molecule has 26 heavy (non-hydrogen) atoms. The average molecular weight is 358 g/mol. The molecule has 2 atom stereocenters. The van der Waals surface area contributed by atoms with E-state index in [2.05, 4.69) is 75.5 Å². The van der Waals surface area contributed by atoms with Crippen molar-refractivity contribution in [3.8, 4) is 0 Å². The maximum atomic E-state index is 5.95. The van der Waals surface area contributed by atoms with E-state index < -0.39 is 0 Å². The van der Waals surface area contributed by atoms with Crippen LogP contribution in [0.15, 0.2) is 36.4 Å². The third-order valence-electron chi connectivity index (χ3n) is 5.58. The van der Waals surface area contributed by atoms with E-state index in [4.69, 9.17) is 4.74 Å². The summed E-state index contributed by atoms with van der Waals surface area (Å²) in [5, 5.41) is 3.62. The fourth-order valence-electron chi connectivity index (χ4n) is 4.08. The van der Waals surface area contributed by atoms with Gasteiger partial charge in [-0.3, -0.25) is 0 Å². The Bertz CT molecular complexity index is 520. The lowest BCUT2D eigenvalue weighted by Crippen LogP contribution is -2.37. The molecule has 2 heteroatoms. The maximum absolute atomic E-state index is 5.95. The van der Waals surface area contributed by atoms with Gasteiger partial charge >= 0.3 is 0 Å². The van der Waals surface area contributed by atoms with Crippen LogP contribution in [0.1, 0.15) is 65.4 Å². The summed E-state index contributed by atoms with van der Waals surface area (Å²) in [5.41, 5.74) is 1.33. The Hall–Kier alpha value is -1.12. The summed E-state index contributed by atoms with van der Waals surface area (Å²) in [7, 11) is 0. The standard InChI is InChI=1S/C24H39NO/c1-20(2)12-13-22(23-15-18-26-24(3,4)19-23)14-17-25-16-8-11-21-9-6-5-7-10-21/h5-11,20,22-23,25H,12-19H2,1-4H3/b11-8+/t22-,23-/m0/s1. The van der Waals surface area contributed by atoms with Gasteiger partial charge in [-0.25, -0.2) is 0 Å². The number of benzene rings is 1. The minimum atomic E-state index is 0.0604. The third kappa shape index (κ3) is 8.05. The van der Waals surface area contributed by atoms with Crippen molar-refractivity contribution in [1.82, 2.24) is 5.32 Å². The van der Waals surface area contributed by atoms with Crippen LogP contribution in [0.3, 0.4) is 0 Å². The van der Waals surface area contributed by atoms with Crippen molar-refractivity contribution in [3.05, 3.63) is 42.0 Å². The molecule has 0 aliphatic carbocycles. The van der Waals surface area contributed by atoms with Gasteiger partial charge in [0.05, 0.1) is 5.60 Å². The van der Waals surface area contributed by atoms with Gasteiger partial charge in [0.15, 0.2) is 0 Å². The Morgan fingerprint density at radius 3 is 2.62 bits per heavy atom. The molecule has 1 aliphatic heterocycles.